The van der Waals surface area contributed by atoms with Crippen LogP contribution < -0.4 is 21.5 Å². The van der Waals surface area contributed by atoms with Crippen LogP contribution in [0.15, 0.2) is 15.5 Å². The number of halogens is 1. The largest absolute Gasteiger partial charge is 0.386 e. The lowest BCUT2D eigenvalue weighted by molar-refractivity contribution is -0.122. The summed E-state index contributed by atoms with van der Waals surface area (Å²) < 4.78 is 1.52. The van der Waals surface area contributed by atoms with Crippen LogP contribution in [0.5, 0.6) is 0 Å². The quantitative estimate of drug-likeness (QED) is 0.695. The van der Waals surface area contributed by atoms with E-state index in [0.717, 1.165) is 24.1 Å². The molecule has 0 aromatic carbocycles. The lowest BCUT2D eigenvalue weighted by atomic mass is 10.2. The molecule has 0 radical (unpaired) electrons. The Hall–Kier alpha value is -1.41. The van der Waals surface area contributed by atoms with Crippen LogP contribution in [-0.4, -0.2) is 41.9 Å². The molecule has 1 aromatic rings. The van der Waals surface area contributed by atoms with E-state index in [1.54, 1.807) is 7.05 Å². The molecule has 1 aromatic heterocycles. The van der Waals surface area contributed by atoms with E-state index in [0.29, 0.717) is 22.7 Å². The smallest absolute Gasteiger partial charge is 0.283 e. The second kappa shape index (κ2) is 6.85. The molecule has 1 saturated heterocycles. The molecule has 0 bridgehead atoms. The first-order chi connectivity index (χ1) is 9.61. The van der Waals surface area contributed by atoms with E-state index >= 15 is 0 Å². The summed E-state index contributed by atoms with van der Waals surface area (Å²) in [7, 11) is 1.70. The van der Waals surface area contributed by atoms with Crippen LogP contribution >= 0.6 is 15.9 Å². The molecule has 1 aliphatic rings. The molecule has 20 heavy (non-hydrogen) atoms. The number of rotatable bonds is 5. The lowest BCUT2D eigenvalue weighted by Crippen LogP contribution is -2.40. The molecule has 0 spiro atoms. The highest BCUT2D eigenvalue weighted by Crippen LogP contribution is 2.14. The molecule has 2 heterocycles. The number of amides is 1. The van der Waals surface area contributed by atoms with E-state index in [2.05, 4.69) is 37.0 Å². The maximum absolute atomic E-state index is 12.0. The first-order valence-electron chi connectivity index (χ1n) is 6.55. The molecular formula is C12H18BrN5O2. The molecule has 1 fully saturated rings. The van der Waals surface area contributed by atoms with E-state index in [1.165, 1.54) is 6.20 Å². The van der Waals surface area contributed by atoms with Gasteiger partial charge in [-0.3, -0.25) is 9.59 Å². The Morgan fingerprint density at radius 1 is 1.65 bits per heavy atom. The maximum Gasteiger partial charge on any atom is 0.283 e. The number of aromatic nitrogens is 2. The van der Waals surface area contributed by atoms with Gasteiger partial charge in [0.25, 0.3) is 5.56 Å². The van der Waals surface area contributed by atoms with Crippen molar-refractivity contribution in [3.63, 3.8) is 0 Å². The highest BCUT2D eigenvalue weighted by Gasteiger charge is 2.15. The van der Waals surface area contributed by atoms with Crippen molar-refractivity contribution in [3.05, 3.63) is 21.0 Å². The first kappa shape index (κ1) is 15.0. The highest BCUT2D eigenvalue weighted by atomic mass is 79.9. The van der Waals surface area contributed by atoms with E-state index in [4.69, 9.17) is 0 Å². The molecule has 1 aliphatic heterocycles. The third kappa shape index (κ3) is 3.57. The number of hydrogen-bond donors (Lipinski definition) is 3. The Morgan fingerprint density at radius 2 is 2.45 bits per heavy atom. The van der Waals surface area contributed by atoms with E-state index in [-0.39, 0.29) is 18.0 Å². The van der Waals surface area contributed by atoms with Gasteiger partial charge in [-0.25, -0.2) is 4.68 Å². The Morgan fingerprint density at radius 3 is 3.10 bits per heavy atom. The molecule has 2 rings (SSSR count). The minimum atomic E-state index is -0.328. The molecule has 1 atom stereocenters. The number of anilines is 1. The van der Waals surface area contributed by atoms with Gasteiger partial charge in [0.2, 0.25) is 5.91 Å². The summed E-state index contributed by atoms with van der Waals surface area (Å²) in [6.07, 6.45) is 3.72. The lowest BCUT2D eigenvalue weighted by Gasteiger charge is -2.12. The zero-order valence-electron chi connectivity index (χ0n) is 11.3. The third-order valence-electron chi connectivity index (χ3n) is 3.26. The van der Waals surface area contributed by atoms with Gasteiger partial charge in [-0.15, -0.1) is 0 Å². The topological polar surface area (TPSA) is 88.1 Å². The predicted molar refractivity (Wildman–Crippen MR) is 79.8 cm³/mol. The summed E-state index contributed by atoms with van der Waals surface area (Å²) in [6, 6.07) is 0.335. The van der Waals surface area contributed by atoms with E-state index < -0.39 is 0 Å². The van der Waals surface area contributed by atoms with Crippen molar-refractivity contribution in [1.29, 1.82) is 0 Å². The number of hydrogen-bond acceptors (Lipinski definition) is 5. The summed E-state index contributed by atoms with van der Waals surface area (Å²) in [6.45, 7) is 1.51. The monoisotopic (exact) mass is 343 g/mol. The van der Waals surface area contributed by atoms with Crippen molar-refractivity contribution in [2.45, 2.75) is 25.4 Å². The molecular weight excluding hydrogens is 326 g/mol. The Labute approximate surface area is 125 Å². The van der Waals surface area contributed by atoms with Crippen molar-refractivity contribution in [3.8, 4) is 0 Å². The summed E-state index contributed by atoms with van der Waals surface area (Å²) in [5.74, 6) is -0.211. The van der Waals surface area contributed by atoms with Crippen LogP contribution in [-0.2, 0) is 11.3 Å². The molecule has 1 unspecified atom stereocenters. The van der Waals surface area contributed by atoms with E-state index in [1.807, 2.05) is 0 Å². The van der Waals surface area contributed by atoms with Crippen LogP contribution in [0.25, 0.3) is 0 Å². The SMILES string of the molecule is CNc1cnn(CC(=O)NCC2CCCN2)c(=O)c1Br. The fraction of sp³-hybridized carbons (Fsp3) is 0.583. The molecule has 7 nitrogen and oxygen atoms in total. The van der Waals surface area contributed by atoms with Gasteiger partial charge in [0.1, 0.15) is 11.0 Å². The Kier molecular flexibility index (Phi) is 5.13. The van der Waals surface area contributed by atoms with E-state index in [9.17, 15) is 9.59 Å². The van der Waals surface area contributed by atoms with Crippen molar-refractivity contribution >= 4 is 27.5 Å². The van der Waals surface area contributed by atoms with Gasteiger partial charge in [-0.2, -0.15) is 5.10 Å². The molecule has 0 saturated carbocycles. The number of carbonyl (C=O) groups excluding carboxylic acids is 1. The van der Waals surface area contributed by atoms with Crippen LogP contribution in [0.2, 0.25) is 0 Å². The second-order valence-corrected chi connectivity index (χ2v) is 5.48. The van der Waals surface area contributed by atoms with Gasteiger partial charge >= 0.3 is 0 Å². The first-order valence-corrected chi connectivity index (χ1v) is 7.34. The summed E-state index contributed by atoms with van der Waals surface area (Å²) in [5, 5.41) is 12.9. The maximum atomic E-state index is 12.0. The average Bonchev–Trinajstić information content (AvgIpc) is 2.95. The van der Waals surface area contributed by atoms with Crippen LogP contribution in [0.3, 0.4) is 0 Å². The minimum Gasteiger partial charge on any atom is -0.386 e. The number of nitrogens with one attached hydrogen (secondary N) is 3. The number of carbonyl (C=O) groups is 1. The average molecular weight is 344 g/mol. The standard InChI is InChI=1S/C12H18BrN5O2/c1-14-9-6-17-18(12(20)11(9)13)7-10(19)16-5-8-3-2-4-15-8/h6,8,14-15H,2-5,7H2,1H3,(H,16,19). The van der Waals surface area contributed by atoms with Gasteiger partial charge in [0, 0.05) is 19.6 Å². The summed E-state index contributed by atoms with van der Waals surface area (Å²) in [5.41, 5.74) is 0.271. The van der Waals surface area contributed by atoms with Crippen molar-refractivity contribution < 1.29 is 4.79 Å². The molecule has 8 heteroatoms. The van der Waals surface area contributed by atoms with Crippen molar-refractivity contribution in [2.24, 2.45) is 0 Å². The fourth-order valence-electron chi connectivity index (χ4n) is 2.11. The van der Waals surface area contributed by atoms with Gasteiger partial charge < -0.3 is 16.0 Å². The van der Waals surface area contributed by atoms with Gasteiger partial charge in [0.15, 0.2) is 0 Å². The normalized spacial score (nSPS) is 18.0. The zero-order valence-corrected chi connectivity index (χ0v) is 12.9. The highest BCUT2D eigenvalue weighted by molar-refractivity contribution is 9.10. The Bertz CT molecular complexity index is 539. The van der Waals surface area contributed by atoms with Gasteiger partial charge in [-0.05, 0) is 35.3 Å². The summed E-state index contributed by atoms with van der Waals surface area (Å²) >= 11 is 3.20. The summed E-state index contributed by atoms with van der Waals surface area (Å²) in [4.78, 5) is 23.8. The second-order valence-electron chi connectivity index (χ2n) is 4.68. The minimum absolute atomic E-state index is 0.0753. The van der Waals surface area contributed by atoms with Gasteiger partial charge in [0.05, 0.1) is 11.9 Å². The van der Waals surface area contributed by atoms with Crippen molar-refractivity contribution in [1.82, 2.24) is 20.4 Å². The van der Waals surface area contributed by atoms with Crippen LogP contribution in [0.4, 0.5) is 5.69 Å². The van der Waals surface area contributed by atoms with Crippen LogP contribution in [0.1, 0.15) is 12.8 Å². The molecule has 3 N–H and O–H groups in total. The Balaban J connectivity index is 1.94. The molecule has 1 amide bonds. The third-order valence-corrected chi connectivity index (χ3v) is 4.02. The molecule has 0 aliphatic carbocycles. The van der Waals surface area contributed by atoms with Gasteiger partial charge in [-0.1, -0.05) is 0 Å². The fourth-order valence-corrected chi connectivity index (χ4v) is 2.62. The van der Waals surface area contributed by atoms with Crippen LogP contribution in [0, 0.1) is 0 Å². The predicted octanol–water partition coefficient (Wildman–Crippen LogP) is -0.0843. The molecule has 110 valence electrons. The number of nitrogens with zero attached hydrogens (tertiary/aromatic N) is 2. The zero-order chi connectivity index (χ0) is 14.5. The van der Waals surface area contributed by atoms with Crippen molar-refractivity contribution in [2.75, 3.05) is 25.5 Å².